The van der Waals surface area contributed by atoms with Gasteiger partial charge in [0.05, 0.1) is 17.6 Å². The maximum absolute atomic E-state index is 14.5. The molecule has 3 aromatic rings. The second kappa shape index (κ2) is 8.12. The fourth-order valence-electron chi connectivity index (χ4n) is 2.89. The number of aryl methyl sites for hydroxylation is 1. The van der Waals surface area contributed by atoms with E-state index in [1.807, 2.05) is 0 Å². The van der Waals surface area contributed by atoms with Crippen LogP contribution in [0.3, 0.4) is 0 Å². The van der Waals surface area contributed by atoms with Crippen molar-refractivity contribution in [3.63, 3.8) is 0 Å². The summed E-state index contributed by atoms with van der Waals surface area (Å²) in [6.45, 7) is 1.73. The van der Waals surface area contributed by atoms with Gasteiger partial charge in [0.2, 0.25) is 5.91 Å². The number of benzene rings is 1. The largest absolute Gasteiger partial charge is 0.313 e. The first-order valence-electron chi connectivity index (χ1n) is 8.92. The molecule has 7 heteroatoms. The van der Waals surface area contributed by atoms with Gasteiger partial charge in [-0.05, 0) is 29.8 Å². The lowest BCUT2D eigenvalue weighted by Crippen LogP contribution is -2.25. The van der Waals surface area contributed by atoms with Crippen LogP contribution < -0.4 is 4.90 Å². The lowest BCUT2D eigenvalue weighted by molar-refractivity contribution is -0.118. The van der Waals surface area contributed by atoms with Crippen molar-refractivity contribution >= 4 is 17.4 Å². The van der Waals surface area contributed by atoms with Crippen LogP contribution >= 0.6 is 0 Å². The van der Waals surface area contributed by atoms with E-state index in [4.69, 9.17) is 0 Å². The van der Waals surface area contributed by atoms with Crippen molar-refractivity contribution in [2.45, 2.75) is 19.8 Å². The standard InChI is InChI=1S/C21H21FN4O2/c1-4-21(28)26(3)19-8-6-15(10-17(19)22)18-7-5-16(12-23-18)20(27)9-14-11-24-25(2)13-14/h5-8,10-13H,4,9H2,1-3H3. The highest BCUT2D eigenvalue weighted by Gasteiger charge is 2.15. The van der Waals surface area contributed by atoms with E-state index in [1.165, 1.54) is 17.2 Å². The Bertz CT molecular complexity index is 1010. The van der Waals surface area contributed by atoms with Gasteiger partial charge < -0.3 is 4.90 Å². The fourth-order valence-corrected chi connectivity index (χ4v) is 2.89. The zero-order valence-corrected chi connectivity index (χ0v) is 16.0. The SMILES string of the molecule is CCC(=O)N(C)c1ccc(-c2ccc(C(=O)Cc3cnn(C)c3)cn2)cc1F. The minimum absolute atomic E-state index is 0.0618. The smallest absolute Gasteiger partial charge is 0.226 e. The number of amides is 1. The van der Waals surface area contributed by atoms with Crippen LogP contribution in [0.25, 0.3) is 11.3 Å². The van der Waals surface area contributed by atoms with Crippen molar-refractivity contribution in [3.8, 4) is 11.3 Å². The van der Waals surface area contributed by atoms with Crippen molar-refractivity contribution in [2.24, 2.45) is 7.05 Å². The van der Waals surface area contributed by atoms with E-state index in [1.54, 1.807) is 62.4 Å². The fraction of sp³-hybridized carbons (Fsp3) is 0.238. The molecule has 0 fully saturated rings. The van der Waals surface area contributed by atoms with Gasteiger partial charge in [0, 0.05) is 50.5 Å². The average Bonchev–Trinajstić information content (AvgIpc) is 3.11. The van der Waals surface area contributed by atoms with Crippen LogP contribution in [0.1, 0.15) is 29.3 Å². The number of nitrogens with zero attached hydrogens (tertiary/aromatic N) is 4. The lowest BCUT2D eigenvalue weighted by atomic mass is 10.0. The van der Waals surface area contributed by atoms with Crippen LogP contribution in [0.4, 0.5) is 10.1 Å². The highest BCUT2D eigenvalue weighted by atomic mass is 19.1. The number of hydrogen-bond donors (Lipinski definition) is 0. The summed E-state index contributed by atoms with van der Waals surface area (Å²) in [5.41, 5.74) is 2.66. The third-order valence-corrected chi connectivity index (χ3v) is 4.49. The van der Waals surface area contributed by atoms with Gasteiger partial charge in [0.15, 0.2) is 5.78 Å². The van der Waals surface area contributed by atoms with E-state index in [9.17, 15) is 14.0 Å². The highest BCUT2D eigenvalue weighted by molar-refractivity contribution is 5.97. The van der Waals surface area contributed by atoms with Crippen molar-refractivity contribution < 1.29 is 14.0 Å². The number of halogens is 1. The Morgan fingerprint density at radius 3 is 2.54 bits per heavy atom. The van der Waals surface area contributed by atoms with Crippen molar-refractivity contribution in [2.75, 3.05) is 11.9 Å². The molecule has 0 radical (unpaired) electrons. The Kier molecular flexibility index (Phi) is 5.63. The molecule has 6 nitrogen and oxygen atoms in total. The van der Waals surface area contributed by atoms with E-state index in [0.717, 1.165) is 5.56 Å². The third-order valence-electron chi connectivity index (χ3n) is 4.49. The Hall–Kier alpha value is -3.35. The summed E-state index contributed by atoms with van der Waals surface area (Å²) >= 11 is 0. The second-order valence-corrected chi connectivity index (χ2v) is 6.53. The summed E-state index contributed by atoms with van der Waals surface area (Å²) < 4.78 is 16.1. The Labute approximate surface area is 162 Å². The number of rotatable bonds is 6. The molecule has 2 aromatic heterocycles. The predicted molar refractivity (Wildman–Crippen MR) is 105 cm³/mol. The molecule has 0 N–H and O–H groups in total. The summed E-state index contributed by atoms with van der Waals surface area (Å²) in [4.78, 5) is 29.7. The van der Waals surface area contributed by atoms with Crippen LogP contribution in [-0.2, 0) is 18.3 Å². The van der Waals surface area contributed by atoms with Gasteiger partial charge in [-0.15, -0.1) is 0 Å². The van der Waals surface area contributed by atoms with Gasteiger partial charge in [-0.3, -0.25) is 19.3 Å². The predicted octanol–water partition coefficient (Wildman–Crippen LogP) is 3.42. The van der Waals surface area contributed by atoms with Crippen LogP contribution in [0.15, 0.2) is 48.9 Å². The molecule has 0 bridgehead atoms. The minimum Gasteiger partial charge on any atom is -0.313 e. The topological polar surface area (TPSA) is 68.1 Å². The minimum atomic E-state index is -0.500. The third kappa shape index (κ3) is 4.14. The first-order valence-corrected chi connectivity index (χ1v) is 8.92. The highest BCUT2D eigenvalue weighted by Crippen LogP contribution is 2.25. The summed E-state index contributed by atoms with van der Waals surface area (Å²) in [6, 6.07) is 7.97. The Morgan fingerprint density at radius 1 is 1.18 bits per heavy atom. The first kappa shape index (κ1) is 19.4. The monoisotopic (exact) mass is 380 g/mol. The van der Waals surface area contributed by atoms with Crippen LogP contribution in [0.5, 0.6) is 0 Å². The molecule has 3 rings (SSSR count). The molecular weight excluding hydrogens is 359 g/mol. The average molecular weight is 380 g/mol. The van der Waals surface area contributed by atoms with E-state index >= 15 is 0 Å². The van der Waals surface area contributed by atoms with Crippen LogP contribution in [-0.4, -0.2) is 33.5 Å². The molecule has 0 aliphatic heterocycles. The summed E-state index contributed by atoms with van der Waals surface area (Å²) in [5, 5.41) is 4.05. The zero-order chi connectivity index (χ0) is 20.3. The Balaban J connectivity index is 1.77. The van der Waals surface area contributed by atoms with Gasteiger partial charge in [0.1, 0.15) is 5.82 Å². The maximum atomic E-state index is 14.5. The quantitative estimate of drug-likeness (QED) is 0.615. The molecule has 28 heavy (non-hydrogen) atoms. The van der Waals surface area contributed by atoms with Crippen LogP contribution in [0, 0.1) is 5.82 Å². The number of carbonyl (C=O) groups excluding carboxylic acids is 2. The van der Waals surface area contributed by atoms with Crippen LogP contribution in [0.2, 0.25) is 0 Å². The molecule has 0 atom stereocenters. The number of Topliss-reactive ketones (excluding diaryl/α,β-unsaturated/α-hetero) is 1. The number of anilines is 1. The number of carbonyl (C=O) groups is 2. The van der Waals surface area contributed by atoms with Gasteiger partial charge in [-0.1, -0.05) is 13.0 Å². The van der Waals surface area contributed by atoms with Gasteiger partial charge in [-0.2, -0.15) is 5.10 Å². The number of aromatic nitrogens is 3. The Morgan fingerprint density at radius 2 is 1.96 bits per heavy atom. The molecule has 0 unspecified atom stereocenters. The molecule has 0 saturated carbocycles. The van der Waals surface area contributed by atoms with E-state index in [0.29, 0.717) is 23.2 Å². The lowest BCUT2D eigenvalue weighted by Gasteiger charge is -2.17. The molecule has 144 valence electrons. The first-order chi connectivity index (χ1) is 13.4. The molecule has 0 aliphatic carbocycles. The zero-order valence-electron chi connectivity index (χ0n) is 16.0. The summed E-state index contributed by atoms with van der Waals surface area (Å²) in [6.07, 6.45) is 5.49. The molecule has 1 aromatic carbocycles. The van der Waals surface area contributed by atoms with E-state index < -0.39 is 5.82 Å². The molecule has 2 heterocycles. The van der Waals surface area contributed by atoms with E-state index in [-0.39, 0.29) is 23.8 Å². The number of pyridine rings is 1. The van der Waals surface area contributed by atoms with Crippen molar-refractivity contribution in [1.29, 1.82) is 0 Å². The number of ketones is 1. The molecular formula is C21H21FN4O2. The molecule has 1 amide bonds. The maximum Gasteiger partial charge on any atom is 0.226 e. The molecule has 0 saturated heterocycles. The second-order valence-electron chi connectivity index (χ2n) is 6.53. The van der Waals surface area contributed by atoms with E-state index in [2.05, 4.69) is 10.1 Å². The van der Waals surface area contributed by atoms with Gasteiger partial charge in [0.25, 0.3) is 0 Å². The number of hydrogen-bond acceptors (Lipinski definition) is 4. The van der Waals surface area contributed by atoms with Gasteiger partial charge >= 0.3 is 0 Å². The van der Waals surface area contributed by atoms with Gasteiger partial charge in [-0.25, -0.2) is 4.39 Å². The van der Waals surface area contributed by atoms with Crippen molar-refractivity contribution in [3.05, 3.63) is 65.9 Å². The normalized spacial score (nSPS) is 10.7. The summed E-state index contributed by atoms with van der Waals surface area (Å²) in [7, 11) is 3.34. The summed E-state index contributed by atoms with van der Waals surface area (Å²) in [5.74, 6) is -0.727. The molecule has 0 spiro atoms. The van der Waals surface area contributed by atoms with Crippen molar-refractivity contribution in [1.82, 2.24) is 14.8 Å². The molecule has 0 aliphatic rings.